The van der Waals surface area contributed by atoms with Crippen LogP contribution in [-0.4, -0.2) is 19.5 Å². The van der Waals surface area contributed by atoms with Gasteiger partial charge in [0.1, 0.15) is 12.4 Å². The molecule has 9 heteroatoms. The monoisotopic (exact) mass is 385 g/mol. The first kappa shape index (κ1) is 20.3. The minimum Gasteiger partial charge on any atom is -0.488 e. The number of nitrogens with two attached hydrogens (primary N) is 1. The van der Waals surface area contributed by atoms with E-state index in [1.807, 2.05) is 0 Å². The first-order chi connectivity index (χ1) is 10.8. The van der Waals surface area contributed by atoms with Crippen molar-refractivity contribution in [3.63, 3.8) is 0 Å². The highest BCUT2D eigenvalue weighted by Crippen LogP contribution is 2.37. The molecule has 2 aromatic carbocycles. The lowest BCUT2D eigenvalue weighted by Gasteiger charge is -2.15. The lowest BCUT2D eigenvalue weighted by atomic mass is 10.0. The number of hydrogen-bond donors (Lipinski definition) is 1. The van der Waals surface area contributed by atoms with Crippen LogP contribution in [0.5, 0.6) is 11.5 Å². The van der Waals surface area contributed by atoms with Crippen molar-refractivity contribution in [1.29, 1.82) is 0 Å². The van der Waals surface area contributed by atoms with Gasteiger partial charge in [0.25, 0.3) is 0 Å². The molecule has 0 aliphatic heterocycles. The number of hydrogen-bond acceptors (Lipinski definition) is 3. The van der Waals surface area contributed by atoms with Crippen LogP contribution in [-0.2, 0) is 0 Å². The van der Waals surface area contributed by atoms with E-state index in [9.17, 15) is 17.6 Å². The summed E-state index contributed by atoms with van der Waals surface area (Å²) in [6.45, 7) is 0.134. The second kappa shape index (κ2) is 8.41. The Balaban J connectivity index is 0.00000288. The van der Waals surface area contributed by atoms with Crippen LogP contribution in [0.1, 0.15) is 0 Å². The predicted octanol–water partition coefficient (Wildman–Crippen LogP) is 4.80. The quantitative estimate of drug-likeness (QED) is 0.751. The van der Waals surface area contributed by atoms with E-state index in [0.717, 1.165) is 6.07 Å². The van der Waals surface area contributed by atoms with Gasteiger partial charge in [-0.2, -0.15) is 0 Å². The van der Waals surface area contributed by atoms with Crippen LogP contribution in [0.2, 0.25) is 5.02 Å². The molecule has 0 heterocycles. The zero-order chi connectivity index (χ0) is 17.0. The molecule has 0 bridgehead atoms. The van der Waals surface area contributed by atoms with Gasteiger partial charge in [-0.25, -0.2) is 4.39 Å². The molecule has 0 saturated carbocycles. The zero-order valence-electron chi connectivity index (χ0n) is 12.1. The summed E-state index contributed by atoms with van der Waals surface area (Å²) >= 11 is 5.68. The van der Waals surface area contributed by atoms with Crippen molar-refractivity contribution in [1.82, 2.24) is 0 Å². The van der Waals surface area contributed by atoms with Crippen molar-refractivity contribution in [2.75, 3.05) is 13.2 Å². The summed E-state index contributed by atoms with van der Waals surface area (Å²) in [6.07, 6.45) is -4.91. The maximum Gasteiger partial charge on any atom is 0.573 e. The topological polar surface area (TPSA) is 44.5 Å². The Hall–Kier alpha value is -1.70. The van der Waals surface area contributed by atoms with Gasteiger partial charge in [-0.3, -0.25) is 0 Å². The van der Waals surface area contributed by atoms with Crippen LogP contribution in [0.3, 0.4) is 0 Å². The van der Waals surface area contributed by atoms with Gasteiger partial charge in [0.05, 0.1) is 5.02 Å². The van der Waals surface area contributed by atoms with E-state index in [1.54, 1.807) is 0 Å². The molecular formula is C15H13Cl2F4NO2. The fourth-order valence-electron chi connectivity index (χ4n) is 1.89. The highest BCUT2D eigenvalue weighted by atomic mass is 35.5. The average molecular weight is 386 g/mol. The molecule has 132 valence electrons. The summed E-state index contributed by atoms with van der Waals surface area (Å²) in [5.41, 5.74) is 5.48. The summed E-state index contributed by atoms with van der Waals surface area (Å²) in [5, 5.41) is -0.135. The number of halogens is 6. The molecule has 0 aromatic heterocycles. The van der Waals surface area contributed by atoms with Crippen molar-refractivity contribution in [3.05, 3.63) is 47.2 Å². The zero-order valence-corrected chi connectivity index (χ0v) is 13.6. The Morgan fingerprint density at radius 3 is 2.42 bits per heavy atom. The Kier molecular flexibility index (Phi) is 7.13. The molecule has 0 radical (unpaired) electrons. The van der Waals surface area contributed by atoms with Crippen LogP contribution >= 0.6 is 24.0 Å². The molecule has 0 aliphatic rings. The van der Waals surface area contributed by atoms with Crippen molar-refractivity contribution >= 4 is 24.0 Å². The number of alkyl halides is 3. The third kappa shape index (κ3) is 5.15. The molecular weight excluding hydrogens is 373 g/mol. The van der Waals surface area contributed by atoms with Crippen molar-refractivity contribution < 1.29 is 27.0 Å². The average Bonchev–Trinajstić information content (AvgIpc) is 2.47. The molecule has 0 atom stereocenters. The Morgan fingerprint density at radius 1 is 1.08 bits per heavy atom. The van der Waals surface area contributed by atoms with Crippen molar-refractivity contribution in [2.24, 2.45) is 5.73 Å². The summed E-state index contributed by atoms with van der Waals surface area (Å²) in [7, 11) is 0. The molecule has 2 aromatic rings. The lowest BCUT2D eigenvalue weighted by molar-refractivity contribution is -0.275. The second-order valence-corrected chi connectivity index (χ2v) is 4.86. The molecule has 0 fully saturated rings. The third-order valence-corrected chi connectivity index (χ3v) is 3.10. The van der Waals surface area contributed by atoms with E-state index < -0.39 is 17.9 Å². The summed E-state index contributed by atoms with van der Waals surface area (Å²) in [5.74, 6) is -1.45. The van der Waals surface area contributed by atoms with Crippen molar-refractivity contribution in [2.45, 2.75) is 6.36 Å². The second-order valence-electron chi connectivity index (χ2n) is 4.45. The third-order valence-electron chi connectivity index (χ3n) is 2.81. The number of rotatable bonds is 5. The Bertz CT molecular complexity index is 696. The van der Waals surface area contributed by atoms with E-state index >= 15 is 0 Å². The van der Waals surface area contributed by atoms with E-state index in [0.29, 0.717) is 0 Å². The molecule has 2 N–H and O–H groups in total. The summed E-state index contributed by atoms with van der Waals surface area (Å²) < 4.78 is 60.6. The largest absolute Gasteiger partial charge is 0.573 e. The fourth-order valence-corrected chi connectivity index (χ4v) is 2.07. The van der Waals surface area contributed by atoms with Gasteiger partial charge in [-0.1, -0.05) is 29.8 Å². The SMILES string of the molecule is Cl.NCCOc1ccc(-c2cccc(Cl)c2F)cc1OC(F)(F)F. The van der Waals surface area contributed by atoms with E-state index in [1.165, 1.54) is 30.3 Å². The standard InChI is InChI=1S/C15H12ClF4NO2.ClH/c16-11-3-1-2-10(14(11)17)9-4-5-12(22-7-6-21)13(8-9)23-15(18,19)20;/h1-5,8H,6-7,21H2;1H. The molecule has 0 saturated heterocycles. The van der Waals surface area contributed by atoms with Gasteiger partial charge < -0.3 is 15.2 Å². The highest BCUT2D eigenvalue weighted by Gasteiger charge is 2.32. The Morgan fingerprint density at radius 2 is 1.79 bits per heavy atom. The van der Waals surface area contributed by atoms with E-state index in [2.05, 4.69) is 4.74 Å². The summed E-state index contributed by atoms with van der Waals surface area (Å²) in [6, 6.07) is 7.93. The van der Waals surface area contributed by atoms with Gasteiger partial charge in [0.15, 0.2) is 11.5 Å². The predicted molar refractivity (Wildman–Crippen MR) is 85.3 cm³/mol. The van der Waals surface area contributed by atoms with Gasteiger partial charge in [-0.15, -0.1) is 25.6 Å². The highest BCUT2D eigenvalue weighted by molar-refractivity contribution is 6.31. The maximum atomic E-state index is 14.0. The molecule has 0 amide bonds. The van der Waals surface area contributed by atoms with Gasteiger partial charge in [-0.05, 0) is 23.8 Å². The summed E-state index contributed by atoms with van der Waals surface area (Å²) in [4.78, 5) is 0. The van der Waals surface area contributed by atoms with Crippen molar-refractivity contribution in [3.8, 4) is 22.6 Å². The van der Waals surface area contributed by atoms with Gasteiger partial charge in [0.2, 0.25) is 0 Å². The number of benzene rings is 2. The lowest BCUT2D eigenvalue weighted by Crippen LogP contribution is -2.18. The molecule has 3 nitrogen and oxygen atoms in total. The molecule has 0 aliphatic carbocycles. The minimum absolute atomic E-state index is 0. The van der Waals surface area contributed by atoms with Gasteiger partial charge >= 0.3 is 6.36 Å². The van der Waals surface area contributed by atoms with E-state index in [4.69, 9.17) is 22.1 Å². The fraction of sp³-hybridized carbons (Fsp3) is 0.200. The van der Waals surface area contributed by atoms with Crippen LogP contribution < -0.4 is 15.2 Å². The van der Waals surface area contributed by atoms with E-state index in [-0.39, 0.29) is 47.5 Å². The molecule has 0 spiro atoms. The van der Waals surface area contributed by atoms with Crippen LogP contribution in [0.15, 0.2) is 36.4 Å². The smallest absolute Gasteiger partial charge is 0.488 e. The molecule has 2 rings (SSSR count). The van der Waals surface area contributed by atoms with Crippen LogP contribution in [0.4, 0.5) is 17.6 Å². The number of ether oxygens (including phenoxy) is 2. The molecule has 0 unspecified atom stereocenters. The maximum absolute atomic E-state index is 14.0. The first-order valence-electron chi connectivity index (χ1n) is 6.49. The molecule has 24 heavy (non-hydrogen) atoms. The normalized spacial score (nSPS) is 10.9. The Labute approximate surface area is 146 Å². The minimum atomic E-state index is -4.91. The van der Waals surface area contributed by atoms with Crippen LogP contribution in [0, 0.1) is 5.82 Å². The van der Waals surface area contributed by atoms with Gasteiger partial charge in [0, 0.05) is 12.1 Å². The van der Waals surface area contributed by atoms with Crippen LogP contribution in [0.25, 0.3) is 11.1 Å². The first-order valence-corrected chi connectivity index (χ1v) is 6.86.